The number of rotatable bonds is 8. The largest absolute Gasteiger partial charge is 0.312 e. The zero-order chi connectivity index (χ0) is 26.6. The Morgan fingerprint density at radius 3 is 2.77 bits per heavy atom. The highest BCUT2D eigenvalue weighted by Crippen LogP contribution is 2.59. The lowest BCUT2D eigenvalue weighted by Crippen LogP contribution is -2.28. The van der Waals surface area contributed by atoms with Gasteiger partial charge in [-0.25, -0.2) is 0 Å². The Hall–Kier alpha value is -3.23. The Labute approximate surface area is 233 Å². The van der Waals surface area contributed by atoms with Crippen LogP contribution in [-0.4, -0.2) is 62.5 Å². The van der Waals surface area contributed by atoms with Crippen LogP contribution < -0.4 is 4.90 Å². The number of hydrogen-bond acceptors (Lipinski definition) is 6. The van der Waals surface area contributed by atoms with E-state index >= 15 is 0 Å². The Balaban J connectivity index is 0.942. The van der Waals surface area contributed by atoms with Crippen molar-refractivity contribution in [2.75, 3.05) is 36.8 Å². The van der Waals surface area contributed by atoms with Crippen molar-refractivity contribution in [2.24, 2.45) is 13.0 Å². The van der Waals surface area contributed by atoms with Gasteiger partial charge in [-0.3, -0.25) is 9.78 Å². The average Bonchev–Trinajstić information content (AvgIpc) is 3.23. The normalized spacial score (nSPS) is 22.7. The van der Waals surface area contributed by atoms with E-state index in [9.17, 15) is 4.79 Å². The molecule has 200 valence electrons. The van der Waals surface area contributed by atoms with Crippen molar-refractivity contribution in [3.63, 3.8) is 0 Å². The molecule has 7 nitrogen and oxygen atoms in total. The minimum Gasteiger partial charge on any atom is -0.312 e. The standard InChI is InChI=1S/C31H34N6OS/c1-21-9-14-25-26(6-3-7-27(25)32-21)29-33-34-30(35(29)2)39-17-5-15-36-19-23-18-31(23,20-36)22-10-12-24(13-11-22)37-16-4-8-28(37)38/h3,6-7,9-14,23H,4-5,8,15-20H2,1-2H3. The number of likely N-dealkylation sites (tertiary alicyclic amines) is 1. The summed E-state index contributed by atoms with van der Waals surface area (Å²) in [6.45, 7) is 6.33. The predicted molar refractivity (Wildman–Crippen MR) is 156 cm³/mol. The van der Waals surface area contributed by atoms with Gasteiger partial charge in [0.2, 0.25) is 5.91 Å². The van der Waals surface area contributed by atoms with Gasteiger partial charge in [-0.15, -0.1) is 10.2 Å². The third-order valence-electron chi connectivity index (χ3n) is 8.84. The third-order valence-corrected chi connectivity index (χ3v) is 9.95. The summed E-state index contributed by atoms with van der Waals surface area (Å²) in [6, 6.07) is 19.3. The first-order chi connectivity index (χ1) is 19.0. The molecule has 8 heteroatoms. The minimum atomic E-state index is 0.258. The molecule has 1 saturated carbocycles. The summed E-state index contributed by atoms with van der Waals surface area (Å²) in [5.74, 6) is 2.93. The number of thioether (sulfide) groups is 1. The van der Waals surface area contributed by atoms with Crippen molar-refractivity contribution < 1.29 is 4.79 Å². The lowest BCUT2D eigenvalue weighted by atomic mass is 9.94. The molecule has 0 bridgehead atoms. The maximum Gasteiger partial charge on any atom is 0.227 e. The molecule has 3 aliphatic rings. The van der Waals surface area contributed by atoms with Gasteiger partial charge in [0.1, 0.15) is 0 Å². The van der Waals surface area contributed by atoms with E-state index in [0.717, 1.165) is 83.0 Å². The van der Waals surface area contributed by atoms with Crippen LogP contribution in [0.4, 0.5) is 5.69 Å². The molecule has 2 aliphatic heterocycles. The lowest BCUT2D eigenvalue weighted by Gasteiger charge is -2.22. The number of amides is 1. The fourth-order valence-electron chi connectivity index (χ4n) is 6.68. The molecule has 3 fully saturated rings. The van der Waals surface area contributed by atoms with Crippen molar-refractivity contribution in [1.29, 1.82) is 0 Å². The van der Waals surface area contributed by atoms with Crippen LogP contribution in [0.25, 0.3) is 22.3 Å². The maximum absolute atomic E-state index is 12.1. The minimum absolute atomic E-state index is 0.258. The molecule has 2 atom stereocenters. The number of carbonyl (C=O) groups is 1. The van der Waals surface area contributed by atoms with Crippen LogP contribution in [-0.2, 0) is 17.3 Å². The van der Waals surface area contributed by atoms with Crippen molar-refractivity contribution in [2.45, 2.75) is 43.2 Å². The van der Waals surface area contributed by atoms with E-state index in [1.807, 2.05) is 17.9 Å². The SMILES string of the molecule is Cc1ccc2c(-c3nnc(SCCCN4CC5CC5(c5ccc(N6CCCC6=O)cc5)C4)n3C)cccc2n1. The topological polar surface area (TPSA) is 67.2 Å². The molecule has 7 rings (SSSR count). The van der Waals surface area contributed by atoms with E-state index in [4.69, 9.17) is 0 Å². The lowest BCUT2D eigenvalue weighted by molar-refractivity contribution is -0.117. The van der Waals surface area contributed by atoms with Gasteiger partial charge in [-0.1, -0.05) is 42.1 Å². The molecule has 2 saturated heterocycles. The smallest absolute Gasteiger partial charge is 0.227 e. The second-order valence-corrected chi connectivity index (χ2v) is 12.4. The van der Waals surface area contributed by atoms with Gasteiger partial charge in [-0.2, -0.15) is 0 Å². The van der Waals surface area contributed by atoms with E-state index in [-0.39, 0.29) is 5.91 Å². The molecule has 1 aliphatic carbocycles. The highest BCUT2D eigenvalue weighted by atomic mass is 32.2. The third kappa shape index (κ3) is 4.43. The van der Waals surface area contributed by atoms with Crippen molar-refractivity contribution in [3.05, 3.63) is 65.9 Å². The van der Waals surface area contributed by atoms with E-state index in [2.05, 4.69) is 80.2 Å². The van der Waals surface area contributed by atoms with Gasteiger partial charge in [0, 0.05) is 66.6 Å². The van der Waals surface area contributed by atoms with Gasteiger partial charge in [0.05, 0.1) is 5.52 Å². The van der Waals surface area contributed by atoms with Crippen LogP contribution in [0.1, 0.15) is 36.9 Å². The van der Waals surface area contributed by atoms with Crippen LogP contribution in [0.15, 0.2) is 59.8 Å². The average molecular weight is 539 g/mol. The van der Waals surface area contributed by atoms with E-state index in [1.54, 1.807) is 11.8 Å². The zero-order valence-electron chi connectivity index (χ0n) is 22.6. The number of piperidine rings is 1. The van der Waals surface area contributed by atoms with E-state index in [0.29, 0.717) is 11.8 Å². The van der Waals surface area contributed by atoms with Gasteiger partial charge in [-0.05, 0) is 68.5 Å². The van der Waals surface area contributed by atoms with Crippen LogP contribution in [0, 0.1) is 12.8 Å². The first kappa shape index (κ1) is 24.8. The van der Waals surface area contributed by atoms with Crippen molar-refractivity contribution in [1.82, 2.24) is 24.6 Å². The van der Waals surface area contributed by atoms with Gasteiger partial charge in [0.25, 0.3) is 0 Å². The maximum atomic E-state index is 12.1. The second kappa shape index (κ2) is 9.75. The van der Waals surface area contributed by atoms with E-state index < -0.39 is 0 Å². The number of aromatic nitrogens is 4. The van der Waals surface area contributed by atoms with Crippen LogP contribution >= 0.6 is 11.8 Å². The number of fused-ring (bicyclic) bond motifs is 2. The molecule has 39 heavy (non-hydrogen) atoms. The highest BCUT2D eigenvalue weighted by molar-refractivity contribution is 7.99. The molecule has 0 N–H and O–H groups in total. The van der Waals surface area contributed by atoms with Crippen LogP contribution in [0.3, 0.4) is 0 Å². The van der Waals surface area contributed by atoms with Gasteiger partial charge >= 0.3 is 0 Å². The summed E-state index contributed by atoms with van der Waals surface area (Å²) in [4.78, 5) is 21.3. The fraction of sp³-hybridized carbons (Fsp3) is 0.419. The molecule has 4 heterocycles. The molecule has 0 radical (unpaired) electrons. The summed E-state index contributed by atoms with van der Waals surface area (Å²) in [5, 5.41) is 11.1. The number of aryl methyl sites for hydroxylation is 1. The van der Waals surface area contributed by atoms with E-state index in [1.165, 1.54) is 18.5 Å². The predicted octanol–water partition coefficient (Wildman–Crippen LogP) is 5.22. The number of nitrogens with zero attached hydrogens (tertiary/aromatic N) is 6. The highest BCUT2D eigenvalue weighted by Gasteiger charge is 2.60. The number of hydrogen-bond donors (Lipinski definition) is 0. The van der Waals surface area contributed by atoms with Crippen LogP contribution in [0.5, 0.6) is 0 Å². The summed E-state index contributed by atoms with van der Waals surface area (Å²) in [5.41, 5.74) is 5.91. The number of carbonyl (C=O) groups excluding carboxylic acids is 1. The first-order valence-corrected chi connectivity index (χ1v) is 15.0. The van der Waals surface area contributed by atoms with Gasteiger partial charge < -0.3 is 14.4 Å². The molecular formula is C31H34N6OS. The molecule has 4 aromatic rings. The molecule has 2 unspecified atom stereocenters. The summed E-state index contributed by atoms with van der Waals surface area (Å²) >= 11 is 1.79. The number of benzene rings is 2. The number of pyridine rings is 1. The zero-order valence-corrected chi connectivity index (χ0v) is 23.5. The van der Waals surface area contributed by atoms with Crippen molar-refractivity contribution in [3.8, 4) is 11.4 Å². The van der Waals surface area contributed by atoms with Gasteiger partial charge in [0.15, 0.2) is 11.0 Å². The Bertz CT molecular complexity index is 1550. The molecule has 2 aromatic carbocycles. The molecular weight excluding hydrogens is 504 g/mol. The molecule has 2 aromatic heterocycles. The molecule has 1 amide bonds. The monoisotopic (exact) mass is 538 g/mol. The molecule has 0 spiro atoms. The Morgan fingerprint density at radius 1 is 1.08 bits per heavy atom. The van der Waals surface area contributed by atoms with Crippen molar-refractivity contribution >= 4 is 34.3 Å². The quantitative estimate of drug-likeness (QED) is 0.226. The Kier molecular flexibility index (Phi) is 6.20. The summed E-state index contributed by atoms with van der Waals surface area (Å²) < 4.78 is 2.11. The fourth-order valence-corrected chi connectivity index (χ4v) is 7.51. The summed E-state index contributed by atoms with van der Waals surface area (Å²) in [7, 11) is 2.06. The number of anilines is 1. The summed E-state index contributed by atoms with van der Waals surface area (Å²) in [6.07, 6.45) is 4.08. The second-order valence-electron chi connectivity index (χ2n) is 11.4. The first-order valence-electron chi connectivity index (χ1n) is 14.0. The Morgan fingerprint density at radius 2 is 1.95 bits per heavy atom. The van der Waals surface area contributed by atoms with Crippen LogP contribution in [0.2, 0.25) is 0 Å².